The summed E-state index contributed by atoms with van der Waals surface area (Å²) in [5, 5.41) is 1.02. The first-order valence-corrected chi connectivity index (χ1v) is 8.27. The molecule has 0 N–H and O–H groups in total. The van der Waals surface area contributed by atoms with Crippen molar-refractivity contribution < 1.29 is 18.7 Å². The predicted octanol–water partition coefficient (Wildman–Crippen LogP) is 3.79. The molecule has 0 bridgehead atoms. The molecule has 0 unspecified atom stereocenters. The number of carbonyl (C=O) groups excluding carboxylic acids is 1. The summed E-state index contributed by atoms with van der Waals surface area (Å²) in [5.74, 6) is 1.87. The third-order valence-electron chi connectivity index (χ3n) is 4.57. The highest BCUT2D eigenvalue weighted by molar-refractivity contribution is 5.82. The van der Waals surface area contributed by atoms with Gasteiger partial charge in [0.05, 0.1) is 6.04 Å². The van der Waals surface area contributed by atoms with E-state index in [1.54, 1.807) is 18.0 Å². The molecule has 4 rings (SSSR count). The van der Waals surface area contributed by atoms with Gasteiger partial charge in [0.1, 0.15) is 18.0 Å². The Morgan fingerprint density at radius 2 is 1.84 bits per heavy atom. The van der Waals surface area contributed by atoms with E-state index in [0.29, 0.717) is 11.5 Å². The van der Waals surface area contributed by atoms with Gasteiger partial charge in [0.2, 0.25) is 6.10 Å². The summed E-state index contributed by atoms with van der Waals surface area (Å²) in [4.78, 5) is 14.5. The fourth-order valence-electron chi connectivity index (χ4n) is 2.96. The molecule has 5 nitrogen and oxygen atoms in total. The zero-order valence-corrected chi connectivity index (χ0v) is 14.1. The molecular weight excluding hydrogens is 318 g/mol. The number of ether oxygens (including phenoxy) is 2. The van der Waals surface area contributed by atoms with Crippen LogP contribution in [0.2, 0.25) is 0 Å². The lowest BCUT2D eigenvalue weighted by Crippen LogP contribution is -2.45. The second kappa shape index (κ2) is 6.16. The van der Waals surface area contributed by atoms with E-state index in [0.717, 1.165) is 16.7 Å². The van der Waals surface area contributed by atoms with Crippen LogP contribution in [0.15, 0.2) is 59.0 Å². The number of nitrogens with zero attached hydrogens (tertiary/aromatic N) is 1. The Labute approximate surface area is 145 Å². The second-order valence-electron chi connectivity index (χ2n) is 6.18. The zero-order chi connectivity index (χ0) is 17.4. The van der Waals surface area contributed by atoms with E-state index in [2.05, 4.69) is 0 Å². The fourth-order valence-corrected chi connectivity index (χ4v) is 2.96. The molecule has 1 aromatic heterocycles. The molecule has 0 saturated heterocycles. The van der Waals surface area contributed by atoms with Crippen molar-refractivity contribution in [1.82, 2.24) is 4.90 Å². The molecule has 2 atom stereocenters. The van der Waals surface area contributed by atoms with Crippen molar-refractivity contribution in [2.45, 2.75) is 19.1 Å². The van der Waals surface area contributed by atoms with Gasteiger partial charge in [-0.05, 0) is 31.2 Å². The molecule has 3 aromatic rings. The molecule has 5 heteroatoms. The van der Waals surface area contributed by atoms with Crippen molar-refractivity contribution >= 4 is 16.9 Å². The number of benzene rings is 2. The third-order valence-corrected chi connectivity index (χ3v) is 4.57. The van der Waals surface area contributed by atoms with Crippen molar-refractivity contribution in [2.75, 3.05) is 13.7 Å². The molecule has 1 aliphatic rings. The monoisotopic (exact) mass is 337 g/mol. The lowest BCUT2D eigenvalue weighted by molar-refractivity contribution is -0.142. The maximum Gasteiger partial charge on any atom is 0.267 e. The lowest BCUT2D eigenvalue weighted by atomic mass is 10.1. The predicted molar refractivity (Wildman–Crippen MR) is 93.8 cm³/mol. The molecule has 2 heterocycles. The number of carbonyl (C=O) groups is 1. The summed E-state index contributed by atoms with van der Waals surface area (Å²) in [6.07, 6.45) is -0.660. The molecule has 0 aliphatic carbocycles. The number of likely N-dealkylation sites (N-methyl/N-ethyl adjacent to an activating group) is 1. The van der Waals surface area contributed by atoms with Gasteiger partial charge in [-0.15, -0.1) is 0 Å². The van der Waals surface area contributed by atoms with Gasteiger partial charge in [-0.1, -0.05) is 30.3 Å². The van der Waals surface area contributed by atoms with E-state index in [4.69, 9.17) is 13.9 Å². The van der Waals surface area contributed by atoms with Crippen molar-refractivity contribution in [3.8, 4) is 11.5 Å². The van der Waals surface area contributed by atoms with Crippen LogP contribution < -0.4 is 9.47 Å². The van der Waals surface area contributed by atoms with E-state index < -0.39 is 6.10 Å². The van der Waals surface area contributed by atoms with E-state index in [1.807, 2.05) is 55.5 Å². The largest absolute Gasteiger partial charge is 0.485 e. The third kappa shape index (κ3) is 2.82. The van der Waals surface area contributed by atoms with Crippen LogP contribution in [0, 0.1) is 0 Å². The van der Waals surface area contributed by atoms with E-state index in [9.17, 15) is 4.79 Å². The molecule has 0 radical (unpaired) electrons. The number of para-hydroxylation sites is 3. The van der Waals surface area contributed by atoms with Crippen LogP contribution in [0.5, 0.6) is 11.5 Å². The van der Waals surface area contributed by atoms with Crippen LogP contribution in [0.1, 0.15) is 18.7 Å². The van der Waals surface area contributed by atoms with Gasteiger partial charge < -0.3 is 18.8 Å². The van der Waals surface area contributed by atoms with Gasteiger partial charge >= 0.3 is 0 Å². The Morgan fingerprint density at radius 1 is 1.12 bits per heavy atom. The van der Waals surface area contributed by atoms with Crippen LogP contribution in [0.3, 0.4) is 0 Å². The molecule has 25 heavy (non-hydrogen) atoms. The summed E-state index contributed by atoms with van der Waals surface area (Å²) in [5.41, 5.74) is 0.816. The summed E-state index contributed by atoms with van der Waals surface area (Å²) >= 11 is 0. The topological polar surface area (TPSA) is 51.9 Å². The number of hydrogen-bond acceptors (Lipinski definition) is 4. The number of fused-ring (bicyclic) bond motifs is 2. The summed E-state index contributed by atoms with van der Waals surface area (Å²) in [6.45, 7) is 2.14. The summed E-state index contributed by atoms with van der Waals surface area (Å²) < 4.78 is 17.3. The second-order valence-corrected chi connectivity index (χ2v) is 6.18. The van der Waals surface area contributed by atoms with Crippen molar-refractivity contribution in [3.05, 3.63) is 60.4 Å². The molecule has 0 fully saturated rings. The molecule has 128 valence electrons. The minimum Gasteiger partial charge on any atom is -0.485 e. The van der Waals surface area contributed by atoms with Crippen LogP contribution >= 0.6 is 0 Å². The van der Waals surface area contributed by atoms with Gasteiger partial charge in [0, 0.05) is 12.4 Å². The quantitative estimate of drug-likeness (QED) is 0.730. The van der Waals surface area contributed by atoms with Crippen molar-refractivity contribution in [3.63, 3.8) is 0 Å². The standard InChI is InChI=1S/C20H19NO4/c1-13(18-11-14-7-3-4-8-15(14)24-18)21(2)20(22)19-12-23-16-9-5-6-10-17(16)25-19/h3-11,13,19H,12H2,1-2H3/t13-,19-/m1/s1. The Morgan fingerprint density at radius 3 is 2.64 bits per heavy atom. The fraction of sp³-hybridized carbons (Fsp3) is 0.250. The highest BCUT2D eigenvalue weighted by Gasteiger charge is 2.32. The molecule has 1 aliphatic heterocycles. The molecule has 0 spiro atoms. The molecule has 2 aromatic carbocycles. The number of amides is 1. The minimum absolute atomic E-state index is 0.137. The smallest absolute Gasteiger partial charge is 0.267 e. The minimum atomic E-state index is -0.660. The van der Waals surface area contributed by atoms with E-state index in [1.165, 1.54) is 0 Å². The first kappa shape index (κ1) is 15.6. The first-order valence-electron chi connectivity index (χ1n) is 8.27. The highest BCUT2D eigenvalue weighted by Crippen LogP contribution is 2.32. The Balaban J connectivity index is 1.52. The molecule has 1 amide bonds. The van der Waals surface area contributed by atoms with Crippen LogP contribution in [-0.2, 0) is 4.79 Å². The summed E-state index contributed by atoms with van der Waals surface area (Å²) in [6, 6.07) is 16.9. The maximum absolute atomic E-state index is 12.8. The number of rotatable bonds is 3. The molecule has 0 saturated carbocycles. The number of furan rings is 1. The van der Waals surface area contributed by atoms with Gasteiger partial charge in [0.25, 0.3) is 5.91 Å². The first-order chi connectivity index (χ1) is 12.1. The normalized spacial score (nSPS) is 17.3. The van der Waals surface area contributed by atoms with E-state index >= 15 is 0 Å². The van der Waals surface area contributed by atoms with Gasteiger partial charge in [-0.3, -0.25) is 4.79 Å². The van der Waals surface area contributed by atoms with Crippen LogP contribution in [0.25, 0.3) is 11.0 Å². The summed E-state index contributed by atoms with van der Waals surface area (Å²) in [7, 11) is 1.75. The van der Waals surface area contributed by atoms with Gasteiger partial charge in [-0.2, -0.15) is 0 Å². The van der Waals surface area contributed by atoms with Crippen LogP contribution in [0.4, 0.5) is 0 Å². The number of hydrogen-bond donors (Lipinski definition) is 0. The SMILES string of the molecule is C[C@H](c1cc2ccccc2o1)N(C)C(=O)[C@H]1COc2ccccc2O1. The lowest BCUT2D eigenvalue weighted by Gasteiger charge is -2.31. The van der Waals surface area contributed by atoms with Gasteiger partial charge in [-0.25, -0.2) is 0 Å². The highest BCUT2D eigenvalue weighted by atomic mass is 16.6. The zero-order valence-electron chi connectivity index (χ0n) is 14.1. The van der Waals surface area contributed by atoms with Gasteiger partial charge in [0.15, 0.2) is 11.5 Å². The Kier molecular flexibility index (Phi) is 3.84. The van der Waals surface area contributed by atoms with Crippen molar-refractivity contribution in [1.29, 1.82) is 0 Å². The maximum atomic E-state index is 12.8. The average Bonchev–Trinajstić information content (AvgIpc) is 3.10. The Hall–Kier alpha value is -2.95. The van der Waals surface area contributed by atoms with Crippen molar-refractivity contribution in [2.24, 2.45) is 0 Å². The molecular formula is C20H19NO4. The van der Waals surface area contributed by atoms with Crippen LogP contribution in [-0.4, -0.2) is 30.6 Å². The Bertz CT molecular complexity index is 884. The van der Waals surface area contributed by atoms with E-state index in [-0.39, 0.29) is 18.6 Å². The average molecular weight is 337 g/mol.